The van der Waals surface area contributed by atoms with E-state index in [-0.39, 0.29) is 5.78 Å². The molecule has 1 aromatic heterocycles. The molecule has 2 aromatic rings. The summed E-state index contributed by atoms with van der Waals surface area (Å²) >= 11 is 6.22. The van der Waals surface area contributed by atoms with Crippen molar-refractivity contribution in [2.24, 2.45) is 5.92 Å². The summed E-state index contributed by atoms with van der Waals surface area (Å²) in [5.41, 5.74) is 1.69. The van der Waals surface area contributed by atoms with Crippen LogP contribution < -0.4 is 0 Å². The van der Waals surface area contributed by atoms with Crippen LogP contribution in [0.25, 0.3) is 10.9 Å². The van der Waals surface area contributed by atoms with Crippen molar-refractivity contribution >= 4 is 28.3 Å². The highest BCUT2D eigenvalue weighted by Crippen LogP contribution is 2.30. The van der Waals surface area contributed by atoms with Gasteiger partial charge >= 0.3 is 0 Å². The molecule has 1 aliphatic carbocycles. The third-order valence-electron chi connectivity index (χ3n) is 4.46. The molecule has 3 heteroatoms. The van der Waals surface area contributed by atoms with Crippen molar-refractivity contribution in [1.82, 2.24) is 4.98 Å². The van der Waals surface area contributed by atoms with Gasteiger partial charge in [-0.05, 0) is 24.5 Å². The number of carbonyl (C=O) groups excluding carboxylic acids is 1. The molecule has 2 nitrogen and oxygen atoms in total. The van der Waals surface area contributed by atoms with E-state index >= 15 is 0 Å². The Balaban J connectivity index is 1.72. The van der Waals surface area contributed by atoms with Gasteiger partial charge in [0.2, 0.25) is 0 Å². The van der Waals surface area contributed by atoms with Crippen molar-refractivity contribution in [2.75, 3.05) is 0 Å². The van der Waals surface area contributed by atoms with E-state index in [1.54, 1.807) is 6.20 Å². The van der Waals surface area contributed by atoms with E-state index in [4.69, 9.17) is 11.6 Å². The number of hydrogen-bond donors (Lipinski definition) is 1. The first-order chi connectivity index (χ1) is 9.75. The van der Waals surface area contributed by atoms with Crippen LogP contribution in [0.3, 0.4) is 0 Å². The zero-order valence-electron chi connectivity index (χ0n) is 11.6. The van der Waals surface area contributed by atoms with E-state index < -0.39 is 0 Å². The van der Waals surface area contributed by atoms with Gasteiger partial charge in [-0.25, -0.2) is 0 Å². The lowest BCUT2D eigenvalue weighted by Crippen LogP contribution is -2.09. The number of benzene rings is 1. The predicted molar refractivity (Wildman–Crippen MR) is 83.4 cm³/mol. The first-order valence-corrected chi connectivity index (χ1v) is 7.92. The van der Waals surface area contributed by atoms with E-state index in [1.165, 1.54) is 32.1 Å². The highest BCUT2D eigenvalue weighted by molar-refractivity contribution is 6.36. The molecule has 0 spiro atoms. The summed E-state index contributed by atoms with van der Waals surface area (Å²) in [7, 11) is 0. The lowest BCUT2D eigenvalue weighted by molar-refractivity contribution is 0.0972. The highest BCUT2D eigenvalue weighted by Gasteiger charge is 2.18. The van der Waals surface area contributed by atoms with Gasteiger partial charge in [0.1, 0.15) is 0 Å². The number of Topliss-reactive ketones (excluding diaryl/α,β-unsaturated/α-hetero) is 1. The number of aromatic amines is 1. The van der Waals surface area contributed by atoms with Crippen LogP contribution in [0.4, 0.5) is 0 Å². The average Bonchev–Trinajstić information content (AvgIpc) is 2.91. The summed E-state index contributed by atoms with van der Waals surface area (Å²) in [5, 5.41) is 1.53. The van der Waals surface area contributed by atoms with Gasteiger partial charge in [-0.1, -0.05) is 49.8 Å². The molecule has 0 unspecified atom stereocenters. The third kappa shape index (κ3) is 2.76. The van der Waals surface area contributed by atoms with Crippen LogP contribution in [0.2, 0.25) is 5.02 Å². The number of halogens is 1. The van der Waals surface area contributed by atoms with Crippen molar-refractivity contribution < 1.29 is 4.79 Å². The fourth-order valence-corrected chi connectivity index (χ4v) is 3.58. The monoisotopic (exact) mass is 289 g/mol. The van der Waals surface area contributed by atoms with E-state index in [9.17, 15) is 4.79 Å². The first-order valence-electron chi connectivity index (χ1n) is 7.54. The molecule has 0 bridgehead atoms. The van der Waals surface area contributed by atoms with Crippen molar-refractivity contribution in [3.8, 4) is 0 Å². The molecule has 106 valence electrons. The van der Waals surface area contributed by atoms with Crippen LogP contribution in [0, 0.1) is 5.92 Å². The van der Waals surface area contributed by atoms with Crippen LogP contribution in [-0.4, -0.2) is 10.8 Å². The highest BCUT2D eigenvalue weighted by atomic mass is 35.5. The number of aromatic nitrogens is 1. The Morgan fingerprint density at radius 1 is 1.25 bits per heavy atom. The van der Waals surface area contributed by atoms with Crippen molar-refractivity contribution in [1.29, 1.82) is 0 Å². The minimum absolute atomic E-state index is 0.218. The summed E-state index contributed by atoms with van der Waals surface area (Å²) in [4.78, 5) is 15.6. The molecule has 1 saturated carbocycles. The average molecular weight is 290 g/mol. The molecule has 3 rings (SSSR count). The normalized spacial score (nSPS) is 16.6. The van der Waals surface area contributed by atoms with Gasteiger partial charge < -0.3 is 4.98 Å². The maximum Gasteiger partial charge on any atom is 0.165 e. The Morgan fingerprint density at radius 2 is 2.05 bits per heavy atom. The second kappa shape index (κ2) is 6.01. The molecule has 1 aromatic carbocycles. The number of ketones is 1. The number of nitrogens with one attached hydrogen (secondary N) is 1. The second-order valence-corrected chi connectivity index (χ2v) is 6.24. The topological polar surface area (TPSA) is 32.9 Å². The van der Waals surface area contributed by atoms with E-state index in [0.717, 1.165) is 28.8 Å². The Morgan fingerprint density at radius 3 is 2.85 bits per heavy atom. The number of carbonyl (C=O) groups is 1. The number of rotatable bonds is 4. The van der Waals surface area contributed by atoms with Crippen LogP contribution in [0.15, 0.2) is 24.4 Å². The zero-order valence-corrected chi connectivity index (χ0v) is 12.4. The quantitative estimate of drug-likeness (QED) is 0.755. The summed E-state index contributed by atoms with van der Waals surface area (Å²) in [6.45, 7) is 0. The van der Waals surface area contributed by atoms with Crippen LogP contribution in [0.5, 0.6) is 0 Å². The maximum absolute atomic E-state index is 12.4. The largest absolute Gasteiger partial charge is 0.360 e. The standard InChI is InChI=1S/C17H20ClNO/c18-14-7-4-8-15-17(14)13(11-19-15)16(20)10-9-12-5-2-1-3-6-12/h4,7-8,11-12,19H,1-3,5-6,9-10H2. The van der Waals surface area contributed by atoms with Gasteiger partial charge in [-0.15, -0.1) is 0 Å². The van der Waals surface area contributed by atoms with E-state index in [0.29, 0.717) is 11.4 Å². The van der Waals surface area contributed by atoms with Gasteiger partial charge in [0.15, 0.2) is 5.78 Å². The van der Waals surface area contributed by atoms with Crippen LogP contribution >= 0.6 is 11.6 Å². The number of hydrogen-bond acceptors (Lipinski definition) is 1. The summed E-state index contributed by atoms with van der Waals surface area (Å²) in [5.74, 6) is 0.961. The zero-order chi connectivity index (χ0) is 13.9. The van der Waals surface area contributed by atoms with Crippen molar-refractivity contribution in [3.63, 3.8) is 0 Å². The smallest absolute Gasteiger partial charge is 0.165 e. The molecule has 0 saturated heterocycles. The molecule has 1 heterocycles. The van der Waals surface area contributed by atoms with Crippen LogP contribution in [0.1, 0.15) is 55.3 Å². The molecular formula is C17H20ClNO. The summed E-state index contributed by atoms with van der Waals surface area (Å²) in [6.07, 6.45) is 10.1. The Hall–Kier alpha value is -1.28. The van der Waals surface area contributed by atoms with Gasteiger partial charge in [0.05, 0.1) is 5.02 Å². The Bertz CT molecular complexity index is 610. The number of fused-ring (bicyclic) bond motifs is 1. The van der Waals surface area contributed by atoms with Gasteiger partial charge in [0.25, 0.3) is 0 Å². The lowest BCUT2D eigenvalue weighted by Gasteiger charge is -2.20. The van der Waals surface area contributed by atoms with Gasteiger partial charge in [-0.3, -0.25) is 4.79 Å². The molecule has 0 amide bonds. The van der Waals surface area contributed by atoms with Gasteiger partial charge in [-0.2, -0.15) is 0 Å². The Kier molecular flexibility index (Phi) is 4.11. The maximum atomic E-state index is 12.4. The molecule has 20 heavy (non-hydrogen) atoms. The number of H-pyrrole nitrogens is 1. The third-order valence-corrected chi connectivity index (χ3v) is 4.77. The van der Waals surface area contributed by atoms with E-state index in [1.807, 2.05) is 18.2 Å². The van der Waals surface area contributed by atoms with Crippen molar-refractivity contribution in [2.45, 2.75) is 44.9 Å². The summed E-state index contributed by atoms with van der Waals surface area (Å²) < 4.78 is 0. The molecular weight excluding hydrogens is 270 g/mol. The molecule has 1 aliphatic rings. The minimum Gasteiger partial charge on any atom is -0.360 e. The Labute approximate surface area is 124 Å². The predicted octanol–water partition coefficient (Wildman–Crippen LogP) is 5.36. The fourth-order valence-electron chi connectivity index (χ4n) is 3.31. The van der Waals surface area contributed by atoms with E-state index in [2.05, 4.69) is 4.98 Å². The van der Waals surface area contributed by atoms with Crippen LogP contribution in [-0.2, 0) is 0 Å². The minimum atomic E-state index is 0.218. The lowest BCUT2D eigenvalue weighted by atomic mass is 9.85. The fraction of sp³-hybridized carbons (Fsp3) is 0.471. The van der Waals surface area contributed by atoms with Gasteiger partial charge in [0, 0.05) is 29.1 Å². The first kappa shape index (κ1) is 13.7. The molecule has 0 radical (unpaired) electrons. The molecule has 0 aliphatic heterocycles. The summed E-state index contributed by atoms with van der Waals surface area (Å²) in [6, 6.07) is 5.70. The molecule has 0 atom stereocenters. The van der Waals surface area contributed by atoms with Crippen molar-refractivity contribution in [3.05, 3.63) is 35.0 Å². The molecule has 1 N–H and O–H groups in total. The SMILES string of the molecule is O=C(CCC1CCCCC1)c1c[nH]c2cccc(Cl)c12. The molecule has 1 fully saturated rings. The second-order valence-electron chi connectivity index (χ2n) is 5.83.